The summed E-state index contributed by atoms with van der Waals surface area (Å²) in [7, 11) is 0. The SMILES string of the molecule is Clc1ccc(CN2CC(C3CC3)NCC2C2CC2)cc1. The molecule has 0 amide bonds. The van der Waals surface area contributed by atoms with Crippen LogP contribution in [0.5, 0.6) is 0 Å². The molecule has 0 spiro atoms. The molecule has 2 unspecified atom stereocenters. The highest BCUT2D eigenvalue weighted by Gasteiger charge is 2.42. The van der Waals surface area contributed by atoms with Crippen molar-refractivity contribution in [1.82, 2.24) is 10.2 Å². The van der Waals surface area contributed by atoms with Crippen molar-refractivity contribution < 1.29 is 0 Å². The van der Waals surface area contributed by atoms with E-state index in [0.29, 0.717) is 0 Å². The molecule has 1 N–H and O–H groups in total. The van der Waals surface area contributed by atoms with Crippen LogP contribution in [0, 0.1) is 11.8 Å². The summed E-state index contributed by atoms with van der Waals surface area (Å²) >= 11 is 5.99. The molecule has 3 fully saturated rings. The van der Waals surface area contributed by atoms with Crippen molar-refractivity contribution in [2.45, 2.75) is 44.3 Å². The molecule has 0 aromatic heterocycles. The van der Waals surface area contributed by atoms with Gasteiger partial charge in [-0.3, -0.25) is 4.90 Å². The summed E-state index contributed by atoms with van der Waals surface area (Å²) in [5.74, 6) is 1.89. The Bertz CT molecular complexity index is 464. The smallest absolute Gasteiger partial charge is 0.0406 e. The van der Waals surface area contributed by atoms with Gasteiger partial charge in [0.25, 0.3) is 0 Å². The van der Waals surface area contributed by atoms with Crippen molar-refractivity contribution >= 4 is 11.6 Å². The van der Waals surface area contributed by atoms with Crippen LogP contribution in [0.4, 0.5) is 0 Å². The zero-order valence-electron chi connectivity index (χ0n) is 11.9. The summed E-state index contributed by atoms with van der Waals surface area (Å²) in [6, 6.07) is 9.88. The van der Waals surface area contributed by atoms with Crippen molar-refractivity contribution in [1.29, 1.82) is 0 Å². The van der Waals surface area contributed by atoms with Gasteiger partial charge in [0.15, 0.2) is 0 Å². The molecule has 3 heteroatoms. The van der Waals surface area contributed by atoms with E-state index in [1.165, 1.54) is 44.3 Å². The maximum absolute atomic E-state index is 5.99. The second kappa shape index (κ2) is 5.32. The highest BCUT2D eigenvalue weighted by molar-refractivity contribution is 6.30. The van der Waals surface area contributed by atoms with E-state index in [1.54, 1.807) is 0 Å². The minimum absolute atomic E-state index is 0.734. The number of piperazine rings is 1. The first-order valence-corrected chi connectivity index (χ1v) is 8.39. The lowest BCUT2D eigenvalue weighted by molar-refractivity contribution is 0.100. The monoisotopic (exact) mass is 290 g/mol. The number of nitrogens with zero attached hydrogens (tertiary/aromatic N) is 1. The van der Waals surface area contributed by atoms with Gasteiger partial charge >= 0.3 is 0 Å². The summed E-state index contributed by atoms with van der Waals surface area (Å²) in [6.07, 6.45) is 5.72. The first-order valence-electron chi connectivity index (χ1n) is 8.01. The van der Waals surface area contributed by atoms with Crippen LogP contribution >= 0.6 is 11.6 Å². The molecule has 1 aromatic carbocycles. The lowest BCUT2D eigenvalue weighted by atomic mass is 10.0. The average Bonchev–Trinajstić information content (AvgIpc) is 3.33. The lowest BCUT2D eigenvalue weighted by Gasteiger charge is -2.41. The predicted octanol–water partition coefficient (Wildman–Crippen LogP) is 3.30. The summed E-state index contributed by atoms with van der Waals surface area (Å²) in [6.45, 7) is 3.51. The van der Waals surface area contributed by atoms with Crippen LogP contribution in [0.2, 0.25) is 5.02 Å². The Kier molecular flexibility index (Phi) is 3.49. The fraction of sp³-hybridized carbons (Fsp3) is 0.647. The standard InChI is InChI=1S/C17H23ClN2/c18-15-7-1-12(2-8-15)10-20-11-16(13-3-4-13)19-9-17(20)14-5-6-14/h1-2,7-8,13-14,16-17,19H,3-6,9-11H2. The summed E-state index contributed by atoms with van der Waals surface area (Å²) < 4.78 is 0. The van der Waals surface area contributed by atoms with Crippen LogP contribution < -0.4 is 5.32 Å². The van der Waals surface area contributed by atoms with Crippen LogP contribution in [0.15, 0.2) is 24.3 Å². The molecule has 20 heavy (non-hydrogen) atoms. The van der Waals surface area contributed by atoms with E-state index in [-0.39, 0.29) is 0 Å². The average molecular weight is 291 g/mol. The Balaban J connectivity index is 1.47. The Morgan fingerprint density at radius 3 is 2.40 bits per heavy atom. The number of benzene rings is 1. The number of halogens is 1. The van der Waals surface area contributed by atoms with E-state index in [0.717, 1.165) is 35.5 Å². The van der Waals surface area contributed by atoms with E-state index < -0.39 is 0 Å². The molecule has 1 heterocycles. The number of rotatable bonds is 4. The van der Waals surface area contributed by atoms with Gasteiger partial charge in [-0.2, -0.15) is 0 Å². The Labute approximate surface area is 126 Å². The molecule has 1 aromatic rings. The van der Waals surface area contributed by atoms with E-state index in [2.05, 4.69) is 22.3 Å². The topological polar surface area (TPSA) is 15.3 Å². The van der Waals surface area contributed by atoms with Gasteiger partial charge in [-0.15, -0.1) is 0 Å². The van der Waals surface area contributed by atoms with Gasteiger partial charge in [0, 0.05) is 36.7 Å². The molecular formula is C17H23ClN2. The second-order valence-corrected chi connectivity index (χ2v) is 7.25. The first-order chi connectivity index (χ1) is 9.79. The highest BCUT2D eigenvalue weighted by atomic mass is 35.5. The molecule has 4 rings (SSSR count). The first kappa shape index (κ1) is 13.1. The quantitative estimate of drug-likeness (QED) is 0.915. The van der Waals surface area contributed by atoms with Crippen LogP contribution in [0.1, 0.15) is 31.2 Å². The number of hydrogen-bond acceptors (Lipinski definition) is 2. The molecule has 2 saturated carbocycles. The molecule has 0 radical (unpaired) electrons. The van der Waals surface area contributed by atoms with Gasteiger partial charge in [0.1, 0.15) is 0 Å². The van der Waals surface area contributed by atoms with Crippen LogP contribution in [-0.4, -0.2) is 30.1 Å². The number of hydrogen-bond donors (Lipinski definition) is 1. The summed E-state index contributed by atoms with van der Waals surface area (Å²) in [5, 5.41) is 4.65. The predicted molar refractivity (Wildman–Crippen MR) is 82.9 cm³/mol. The molecule has 2 aliphatic carbocycles. The third-order valence-electron chi connectivity index (χ3n) is 5.15. The molecule has 3 aliphatic rings. The minimum atomic E-state index is 0.734. The molecule has 1 aliphatic heterocycles. The van der Waals surface area contributed by atoms with Gasteiger partial charge in [-0.25, -0.2) is 0 Å². The van der Waals surface area contributed by atoms with Gasteiger partial charge in [0.05, 0.1) is 0 Å². The summed E-state index contributed by atoms with van der Waals surface area (Å²) in [4.78, 5) is 2.74. The Morgan fingerprint density at radius 1 is 1.05 bits per heavy atom. The fourth-order valence-electron chi connectivity index (χ4n) is 3.62. The van der Waals surface area contributed by atoms with Gasteiger partial charge in [-0.1, -0.05) is 23.7 Å². The third kappa shape index (κ3) is 2.88. The lowest BCUT2D eigenvalue weighted by Crippen LogP contribution is -2.57. The summed E-state index contributed by atoms with van der Waals surface area (Å²) in [5.41, 5.74) is 1.40. The van der Waals surface area contributed by atoms with Crippen molar-refractivity contribution in [2.75, 3.05) is 13.1 Å². The zero-order valence-corrected chi connectivity index (χ0v) is 12.6. The van der Waals surface area contributed by atoms with Crippen molar-refractivity contribution in [3.8, 4) is 0 Å². The molecule has 108 valence electrons. The van der Waals surface area contributed by atoms with Crippen molar-refractivity contribution in [3.63, 3.8) is 0 Å². The van der Waals surface area contributed by atoms with Crippen LogP contribution in [0.3, 0.4) is 0 Å². The second-order valence-electron chi connectivity index (χ2n) is 6.81. The van der Waals surface area contributed by atoms with E-state index in [9.17, 15) is 0 Å². The van der Waals surface area contributed by atoms with Crippen molar-refractivity contribution in [2.24, 2.45) is 11.8 Å². The van der Waals surface area contributed by atoms with Gasteiger partial charge in [-0.05, 0) is 55.2 Å². The molecule has 2 nitrogen and oxygen atoms in total. The van der Waals surface area contributed by atoms with Crippen molar-refractivity contribution in [3.05, 3.63) is 34.9 Å². The van der Waals surface area contributed by atoms with Crippen LogP contribution in [-0.2, 0) is 6.54 Å². The molecule has 1 saturated heterocycles. The van der Waals surface area contributed by atoms with Gasteiger partial charge < -0.3 is 5.32 Å². The van der Waals surface area contributed by atoms with E-state index in [1.807, 2.05) is 12.1 Å². The normalized spacial score (nSPS) is 31.4. The van der Waals surface area contributed by atoms with E-state index in [4.69, 9.17) is 11.6 Å². The minimum Gasteiger partial charge on any atom is -0.311 e. The maximum Gasteiger partial charge on any atom is 0.0406 e. The number of nitrogens with one attached hydrogen (secondary N) is 1. The Morgan fingerprint density at radius 2 is 1.75 bits per heavy atom. The maximum atomic E-state index is 5.99. The van der Waals surface area contributed by atoms with Crippen LogP contribution in [0.25, 0.3) is 0 Å². The zero-order chi connectivity index (χ0) is 13.5. The van der Waals surface area contributed by atoms with Gasteiger partial charge in [0.2, 0.25) is 0 Å². The largest absolute Gasteiger partial charge is 0.311 e. The molecular weight excluding hydrogens is 268 g/mol. The molecule has 0 bridgehead atoms. The van der Waals surface area contributed by atoms with E-state index >= 15 is 0 Å². The highest BCUT2D eigenvalue weighted by Crippen LogP contribution is 2.40. The third-order valence-corrected chi connectivity index (χ3v) is 5.40. The fourth-order valence-corrected chi connectivity index (χ4v) is 3.75. The Hall–Kier alpha value is -0.570. The molecule has 2 atom stereocenters.